The minimum absolute atomic E-state index is 0.00329. The predicted octanol–water partition coefficient (Wildman–Crippen LogP) is 2.77. The summed E-state index contributed by atoms with van der Waals surface area (Å²) in [4.78, 5) is 28.9. The molecule has 2 unspecified atom stereocenters. The first-order valence-corrected chi connectivity index (χ1v) is 8.23. The number of carbonyl (C=O) groups is 2. The number of fused-ring (bicyclic) bond motifs is 1. The van der Waals surface area contributed by atoms with Gasteiger partial charge in [0.1, 0.15) is 6.54 Å². The zero-order chi connectivity index (χ0) is 19.1. The molecule has 3 rings (SSSR count). The van der Waals surface area contributed by atoms with E-state index in [-0.39, 0.29) is 23.6 Å². The molecule has 1 saturated heterocycles. The molecular formula is C17H18F3N3O3. The molecule has 0 bridgehead atoms. The lowest BCUT2D eigenvalue weighted by atomic mass is 9.93. The van der Waals surface area contributed by atoms with Gasteiger partial charge in [-0.25, -0.2) is 4.98 Å². The van der Waals surface area contributed by atoms with Gasteiger partial charge in [0, 0.05) is 12.6 Å². The fourth-order valence-corrected chi connectivity index (χ4v) is 3.33. The molecule has 6 nitrogen and oxygen atoms in total. The van der Waals surface area contributed by atoms with Gasteiger partial charge in [0.15, 0.2) is 0 Å². The summed E-state index contributed by atoms with van der Waals surface area (Å²) in [6, 6.07) is 5.86. The number of aliphatic carboxylic acids is 1. The van der Waals surface area contributed by atoms with Crippen molar-refractivity contribution in [3.63, 3.8) is 0 Å². The number of benzene rings is 1. The fraction of sp³-hybridized carbons (Fsp3) is 0.471. The lowest BCUT2D eigenvalue weighted by Gasteiger charge is -2.36. The molecule has 0 aliphatic carbocycles. The standard InChI is InChI=1S/C17H18F3N3O3/c1-10-6-7-11(15(25)26)8-22(10)14(24)9-23-13-5-3-2-4-12(13)21-16(23)17(18,19)20/h2-5,10-11H,6-9H2,1H3,(H,25,26). The number of carboxylic acid groups (broad SMARTS) is 1. The molecule has 9 heteroatoms. The van der Waals surface area contributed by atoms with Crippen molar-refractivity contribution in [1.82, 2.24) is 14.5 Å². The van der Waals surface area contributed by atoms with Crippen LogP contribution in [0.15, 0.2) is 24.3 Å². The highest BCUT2D eigenvalue weighted by Crippen LogP contribution is 2.32. The van der Waals surface area contributed by atoms with Gasteiger partial charge < -0.3 is 14.6 Å². The van der Waals surface area contributed by atoms with Gasteiger partial charge in [-0.3, -0.25) is 9.59 Å². The number of para-hydroxylation sites is 2. The number of carbonyl (C=O) groups excluding carboxylic acids is 1. The average molecular weight is 369 g/mol. The Bertz CT molecular complexity index is 847. The van der Waals surface area contributed by atoms with Gasteiger partial charge in [-0.1, -0.05) is 12.1 Å². The first kappa shape index (κ1) is 18.2. The number of nitrogens with zero attached hydrogens (tertiary/aromatic N) is 3. The number of likely N-dealkylation sites (tertiary alicyclic amines) is 1. The van der Waals surface area contributed by atoms with Gasteiger partial charge in [-0.05, 0) is 31.9 Å². The van der Waals surface area contributed by atoms with E-state index < -0.39 is 36.3 Å². The Morgan fingerprint density at radius 1 is 1.27 bits per heavy atom. The van der Waals surface area contributed by atoms with Crippen molar-refractivity contribution in [2.75, 3.05) is 6.54 Å². The van der Waals surface area contributed by atoms with Gasteiger partial charge in [0.25, 0.3) is 0 Å². The minimum atomic E-state index is -4.70. The quantitative estimate of drug-likeness (QED) is 0.903. The second kappa shape index (κ2) is 6.62. The van der Waals surface area contributed by atoms with Crippen LogP contribution in [0.1, 0.15) is 25.6 Å². The van der Waals surface area contributed by atoms with E-state index in [0.717, 1.165) is 4.57 Å². The number of amides is 1. The zero-order valence-electron chi connectivity index (χ0n) is 14.0. The van der Waals surface area contributed by atoms with E-state index in [4.69, 9.17) is 0 Å². The summed E-state index contributed by atoms with van der Waals surface area (Å²) < 4.78 is 40.9. The van der Waals surface area contributed by atoms with Crippen molar-refractivity contribution < 1.29 is 27.9 Å². The molecule has 1 fully saturated rings. The van der Waals surface area contributed by atoms with E-state index in [9.17, 15) is 27.9 Å². The number of aromatic nitrogens is 2. The third-order valence-corrected chi connectivity index (χ3v) is 4.75. The number of imidazole rings is 1. The second-order valence-electron chi connectivity index (χ2n) is 6.52. The second-order valence-corrected chi connectivity index (χ2v) is 6.52. The third kappa shape index (κ3) is 3.38. The van der Waals surface area contributed by atoms with Crippen LogP contribution in [-0.2, 0) is 22.3 Å². The number of piperidine rings is 1. The van der Waals surface area contributed by atoms with Crippen LogP contribution in [0.3, 0.4) is 0 Å². The zero-order valence-corrected chi connectivity index (χ0v) is 14.0. The minimum Gasteiger partial charge on any atom is -0.481 e. The molecule has 0 spiro atoms. The summed E-state index contributed by atoms with van der Waals surface area (Å²) in [5.74, 6) is -3.38. The molecule has 26 heavy (non-hydrogen) atoms. The van der Waals surface area contributed by atoms with E-state index in [0.29, 0.717) is 12.8 Å². The fourth-order valence-electron chi connectivity index (χ4n) is 3.33. The molecule has 1 aliphatic heterocycles. The number of hydrogen-bond acceptors (Lipinski definition) is 3. The summed E-state index contributed by atoms with van der Waals surface area (Å²) in [5.41, 5.74) is 0.371. The van der Waals surface area contributed by atoms with E-state index in [2.05, 4.69) is 4.98 Å². The molecular weight excluding hydrogens is 351 g/mol. The molecule has 2 aromatic rings. The molecule has 0 radical (unpaired) electrons. The Morgan fingerprint density at radius 3 is 2.62 bits per heavy atom. The SMILES string of the molecule is CC1CCC(C(=O)O)CN1C(=O)Cn1c(C(F)(F)F)nc2ccccc21. The number of hydrogen-bond donors (Lipinski definition) is 1. The van der Waals surface area contributed by atoms with E-state index >= 15 is 0 Å². The first-order chi connectivity index (χ1) is 12.2. The van der Waals surface area contributed by atoms with Crippen molar-refractivity contribution in [2.24, 2.45) is 5.92 Å². The van der Waals surface area contributed by atoms with Crippen LogP contribution < -0.4 is 0 Å². The van der Waals surface area contributed by atoms with E-state index in [1.54, 1.807) is 19.1 Å². The normalized spacial score (nSPS) is 21.2. The Labute approximate surface area is 147 Å². The third-order valence-electron chi connectivity index (χ3n) is 4.75. The van der Waals surface area contributed by atoms with Crippen molar-refractivity contribution in [3.8, 4) is 0 Å². The molecule has 1 aliphatic rings. The molecule has 140 valence electrons. The molecule has 1 aromatic heterocycles. The highest BCUT2D eigenvalue weighted by atomic mass is 19.4. The molecule has 2 heterocycles. The molecule has 2 atom stereocenters. The van der Waals surface area contributed by atoms with Crippen molar-refractivity contribution in [3.05, 3.63) is 30.1 Å². The average Bonchev–Trinajstić information content (AvgIpc) is 2.94. The van der Waals surface area contributed by atoms with Crippen molar-refractivity contribution in [2.45, 2.75) is 38.5 Å². The van der Waals surface area contributed by atoms with Crippen molar-refractivity contribution in [1.29, 1.82) is 0 Å². The largest absolute Gasteiger partial charge is 0.481 e. The lowest BCUT2D eigenvalue weighted by molar-refractivity contribution is -0.149. The Hall–Kier alpha value is -2.58. The summed E-state index contributed by atoms with van der Waals surface area (Å²) in [5, 5.41) is 9.17. The molecule has 1 aromatic carbocycles. The highest BCUT2D eigenvalue weighted by Gasteiger charge is 2.39. The summed E-state index contributed by atoms with van der Waals surface area (Å²) in [7, 11) is 0. The van der Waals surface area contributed by atoms with E-state index in [1.807, 2.05) is 0 Å². The molecule has 1 amide bonds. The monoisotopic (exact) mass is 369 g/mol. The van der Waals surface area contributed by atoms with E-state index in [1.165, 1.54) is 17.0 Å². The Kier molecular flexibility index (Phi) is 4.64. The smallest absolute Gasteiger partial charge is 0.449 e. The molecule has 1 N–H and O–H groups in total. The maximum Gasteiger partial charge on any atom is 0.449 e. The van der Waals surface area contributed by atoms with Gasteiger partial charge in [0.05, 0.1) is 17.0 Å². The highest BCUT2D eigenvalue weighted by molar-refractivity contribution is 5.82. The van der Waals surface area contributed by atoms with Gasteiger partial charge in [-0.15, -0.1) is 0 Å². The lowest BCUT2D eigenvalue weighted by Crippen LogP contribution is -2.48. The van der Waals surface area contributed by atoms with Crippen LogP contribution in [0.5, 0.6) is 0 Å². The van der Waals surface area contributed by atoms with Gasteiger partial charge >= 0.3 is 12.1 Å². The topological polar surface area (TPSA) is 75.4 Å². The number of alkyl halides is 3. The number of halogens is 3. The van der Waals surface area contributed by atoms with Crippen molar-refractivity contribution >= 4 is 22.9 Å². The van der Waals surface area contributed by atoms with Crippen LogP contribution in [0.25, 0.3) is 11.0 Å². The first-order valence-electron chi connectivity index (χ1n) is 8.23. The Balaban J connectivity index is 1.92. The van der Waals surface area contributed by atoms with Crippen LogP contribution in [-0.4, -0.2) is 44.0 Å². The summed E-state index contributed by atoms with van der Waals surface area (Å²) >= 11 is 0. The van der Waals surface area contributed by atoms with Crippen LogP contribution in [0, 0.1) is 5.92 Å². The Morgan fingerprint density at radius 2 is 1.96 bits per heavy atom. The van der Waals surface area contributed by atoms with Gasteiger partial charge in [-0.2, -0.15) is 13.2 Å². The van der Waals surface area contributed by atoms with Crippen LogP contribution >= 0.6 is 0 Å². The number of rotatable bonds is 3. The molecule has 0 saturated carbocycles. The maximum absolute atomic E-state index is 13.3. The summed E-state index contributed by atoms with van der Waals surface area (Å²) in [6.45, 7) is 1.24. The van der Waals surface area contributed by atoms with Crippen LogP contribution in [0.4, 0.5) is 13.2 Å². The summed E-state index contributed by atoms with van der Waals surface area (Å²) in [6.07, 6.45) is -3.75. The van der Waals surface area contributed by atoms with Gasteiger partial charge in [0.2, 0.25) is 11.7 Å². The van der Waals surface area contributed by atoms with Crippen LogP contribution in [0.2, 0.25) is 0 Å². The predicted molar refractivity (Wildman–Crippen MR) is 86.3 cm³/mol. The maximum atomic E-state index is 13.3. The number of carboxylic acids is 1.